The predicted octanol–water partition coefficient (Wildman–Crippen LogP) is 3.07. The zero-order chi connectivity index (χ0) is 14.9. The van der Waals surface area contributed by atoms with Crippen LogP contribution in [0.2, 0.25) is 5.02 Å². The first-order chi connectivity index (χ1) is 9.37. The van der Waals surface area contributed by atoms with Gasteiger partial charge in [0.15, 0.2) is 5.72 Å². The number of carbonyl (C=O) groups is 1. The number of amides is 1. The van der Waals surface area contributed by atoms with Crippen molar-refractivity contribution in [1.29, 1.82) is 0 Å². The second-order valence-corrected chi connectivity index (χ2v) is 5.47. The quantitative estimate of drug-likeness (QED) is 0.871. The molecule has 2 atom stereocenters. The van der Waals surface area contributed by atoms with Gasteiger partial charge in [-0.2, -0.15) is 10.1 Å². The van der Waals surface area contributed by atoms with Crippen molar-refractivity contribution in [2.45, 2.75) is 26.0 Å². The number of benzene rings is 1. The molecule has 2 unspecified atom stereocenters. The molecule has 1 heterocycles. The van der Waals surface area contributed by atoms with Crippen molar-refractivity contribution in [3.05, 3.63) is 47.5 Å². The Balaban J connectivity index is 2.31. The van der Waals surface area contributed by atoms with Crippen molar-refractivity contribution < 1.29 is 9.90 Å². The second kappa shape index (κ2) is 5.38. The number of allylic oxidation sites excluding steroid dienone is 1. The van der Waals surface area contributed by atoms with Gasteiger partial charge in [0, 0.05) is 16.3 Å². The molecule has 5 heteroatoms. The van der Waals surface area contributed by atoms with E-state index in [1.54, 1.807) is 44.2 Å². The van der Waals surface area contributed by atoms with Crippen molar-refractivity contribution in [2.24, 2.45) is 11.0 Å². The van der Waals surface area contributed by atoms with Crippen molar-refractivity contribution in [3.63, 3.8) is 0 Å². The molecule has 1 N–H and O–H groups in total. The van der Waals surface area contributed by atoms with Gasteiger partial charge in [0.1, 0.15) is 0 Å². The van der Waals surface area contributed by atoms with E-state index in [1.165, 1.54) is 0 Å². The number of hydrazone groups is 1. The van der Waals surface area contributed by atoms with Crippen LogP contribution in [0.15, 0.2) is 42.0 Å². The van der Waals surface area contributed by atoms with Gasteiger partial charge in [-0.3, -0.25) is 4.79 Å². The number of carbonyl (C=O) groups excluding carboxylic acids is 1. The molecule has 0 aromatic heterocycles. The topological polar surface area (TPSA) is 52.9 Å². The largest absolute Gasteiger partial charge is 0.369 e. The van der Waals surface area contributed by atoms with E-state index < -0.39 is 5.72 Å². The number of hydrogen-bond acceptors (Lipinski definition) is 3. The molecule has 1 aromatic rings. The number of nitrogens with zero attached hydrogens (tertiary/aromatic N) is 2. The molecular formula is C15H17ClN2O2. The Morgan fingerprint density at radius 3 is 2.70 bits per heavy atom. The van der Waals surface area contributed by atoms with Crippen molar-refractivity contribution in [1.82, 2.24) is 5.01 Å². The standard InChI is InChI=1S/C15H17ClN2O2/c1-4-5-13-10(2)17-18(15(13,3)20)14(19)11-6-8-12(16)9-7-11/h4,6-9,13,20H,1,5H2,2-3H3. The minimum absolute atomic E-state index is 0.240. The lowest BCUT2D eigenvalue weighted by Gasteiger charge is -2.32. The minimum Gasteiger partial charge on any atom is -0.369 e. The maximum atomic E-state index is 12.5. The highest BCUT2D eigenvalue weighted by Crippen LogP contribution is 2.34. The summed E-state index contributed by atoms with van der Waals surface area (Å²) in [6, 6.07) is 6.51. The Labute approximate surface area is 123 Å². The van der Waals surface area contributed by atoms with Crippen LogP contribution in [-0.2, 0) is 0 Å². The summed E-state index contributed by atoms with van der Waals surface area (Å²) < 4.78 is 0. The van der Waals surface area contributed by atoms with Gasteiger partial charge in [-0.25, -0.2) is 0 Å². The highest BCUT2D eigenvalue weighted by atomic mass is 35.5. The van der Waals surface area contributed by atoms with E-state index in [4.69, 9.17) is 11.6 Å². The van der Waals surface area contributed by atoms with Gasteiger partial charge in [0.25, 0.3) is 5.91 Å². The second-order valence-electron chi connectivity index (χ2n) is 5.04. The molecule has 20 heavy (non-hydrogen) atoms. The Morgan fingerprint density at radius 2 is 2.15 bits per heavy atom. The first-order valence-corrected chi connectivity index (χ1v) is 6.74. The van der Waals surface area contributed by atoms with E-state index in [1.807, 2.05) is 0 Å². The number of rotatable bonds is 3. The SMILES string of the molecule is C=CCC1C(C)=NN(C(=O)c2ccc(Cl)cc2)C1(C)O. The average Bonchev–Trinajstić information content (AvgIpc) is 2.62. The lowest BCUT2D eigenvalue weighted by Crippen LogP contribution is -2.48. The van der Waals surface area contributed by atoms with Gasteiger partial charge in [-0.1, -0.05) is 17.7 Å². The molecule has 0 saturated carbocycles. The van der Waals surface area contributed by atoms with Gasteiger partial charge in [-0.05, 0) is 44.5 Å². The zero-order valence-corrected chi connectivity index (χ0v) is 12.3. The molecule has 0 fully saturated rings. The zero-order valence-electron chi connectivity index (χ0n) is 11.5. The van der Waals surface area contributed by atoms with Crippen LogP contribution in [0, 0.1) is 5.92 Å². The van der Waals surface area contributed by atoms with Crippen LogP contribution >= 0.6 is 11.6 Å². The highest BCUT2D eigenvalue weighted by molar-refractivity contribution is 6.30. The maximum Gasteiger partial charge on any atom is 0.276 e. The fourth-order valence-corrected chi connectivity index (χ4v) is 2.52. The Bertz CT molecular complexity index is 564. The van der Waals surface area contributed by atoms with Crippen LogP contribution in [0.25, 0.3) is 0 Å². The maximum absolute atomic E-state index is 12.5. The summed E-state index contributed by atoms with van der Waals surface area (Å²) in [4.78, 5) is 12.5. The van der Waals surface area contributed by atoms with Gasteiger partial charge < -0.3 is 5.11 Å². The fraction of sp³-hybridized carbons (Fsp3) is 0.333. The summed E-state index contributed by atoms with van der Waals surface area (Å²) in [6.45, 7) is 7.07. The summed E-state index contributed by atoms with van der Waals surface area (Å²) in [7, 11) is 0. The van der Waals surface area contributed by atoms with Gasteiger partial charge in [0.05, 0.1) is 5.92 Å². The number of hydrogen-bond donors (Lipinski definition) is 1. The van der Waals surface area contributed by atoms with Crippen LogP contribution in [0.5, 0.6) is 0 Å². The summed E-state index contributed by atoms with van der Waals surface area (Å²) in [6.07, 6.45) is 2.28. The van der Waals surface area contributed by atoms with Crippen molar-refractivity contribution in [2.75, 3.05) is 0 Å². The summed E-state index contributed by atoms with van der Waals surface area (Å²) in [5, 5.41) is 16.5. The van der Waals surface area contributed by atoms with Crippen LogP contribution in [0.3, 0.4) is 0 Å². The molecule has 1 aromatic carbocycles. The molecule has 1 aliphatic heterocycles. The summed E-state index contributed by atoms with van der Waals surface area (Å²) in [5.41, 5.74) is -0.197. The molecule has 0 bridgehead atoms. The Kier molecular flexibility index (Phi) is 3.97. The fourth-order valence-electron chi connectivity index (χ4n) is 2.40. The molecule has 0 saturated heterocycles. The van der Waals surface area contributed by atoms with Crippen LogP contribution in [0.1, 0.15) is 30.6 Å². The van der Waals surface area contributed by atoms with E-state index in [2.05, 4.69) is 11.7 Å². The van der Waals surface area contributed by atoms with Gasteiger partial charge in [-0.15, -0.1) is 6.58 Å². The van der Waals surface area contributed by atoms with Gasteiger partial charge >= 0.3 is 0 Å². The molecular weight excluding hydrogens is 276 g/mol. The van der Waals surface area contributed by atoms with E-state index in [0.29, 0.717) is 17.0 Å². The molecule has 1 amide bonds. The lowest BCUT2D eigenvalue weighted by atomic mass is 9.90. The Hall–Kier alpha value is -1.65. The van der Waals surface area contributed by atoms with Crippen molar-refractivity contribution in [3.8, 4) is 0 Å². The van der Waals surface area contributed by atoms with Crippen LogP contribution in [-0.4, -0.2) is 27.5 Å². The summed E-state index contributed by atoms with van der Waals surface area (Å²) >= 11 is 5.81. The van der Waals surface area contributed by atoms with Gasteiger partial charge in [0.2, 0.25) is 0 Å². The smallest absolute Gasteiger partial charge is 0.276 e. The van der Waals surface area contributed by atoms with E-state index in [0.717, 1.165) is 10.7 Å². The normalized spacial score (nSPS) is 25.5. The third-order valence-corrected chi connectivity index (χ3v) is 3.79. The number of aliphatic hydroxyl groups is 1. The highest BCUT2D eigenvalue weighted by Gasteiger charge is 2.47. The predicted molar refractivity (Wildman–Crippen MR) is 79.7 cm³/mol. The van der Waals surface area contributed by atoms with Crippen LogP contribution < -0.4 is 0 Å². The molecule has 4 nitrogen and oxygen atoms in total. The summed E-state index contributed by atoms with van der Waals surface area (Å²) in [5.74, 6) is -0.589. The third-order valence-electron chi connectivity index (χ3n) is 3.54. The monoisotopic (exact) mass is 292 g/mol. The van der Waals surface area contributed by atoms with Crippen molar-refractivity contribution >= 4 is 23.2 Å². The molecule has 0 radical (unpaired) electrons. The number of halogens is 1. The molecule has 1 aliphatic rings. The third kappa shape index (κ3) is 2.49. The molecule has 2 rings (SSSR count). The minimum atomic E-state index is -1.35. The van der Waals surface area contributed by atoms with E-state index in [9.17, 15) is 9.90 Å². The first kappa shape index (κ1) is 14.8. The first-order valence-electron chi connectivity index (χ1n) is 6.36. The molecule has 0 aliphatic carbocycles. The van der Waals surface area contributed by atoms with Crippen LogP contribution in [0.4, 0.5) is 0 Å². The van der Waals surface area contributed by atoms with E-state index in [-0.39, 0.29) is 11.8 Å². The lowest BCUT2D eigenvalue weighted by molar-refractivity contribution is -0.0818. The Morgan fingerprint density at radius 1 is 1.55 bits per heavy atom. The molecule has 0 spiro atoms. The average molecular weight is 293 g/mol. The van der Waals surface area contributed by atoms with E-state index >= 15 is 0 Å². The molecule has 106 valence electrons.